The second-order valence-electron chi connectivity index (χ2n) is 8.64. The van der Waals surface area contributed by atoms with Gasteiger partial charge < -0.3 is 14.2 Å². The van der Waals surface area contributed by atoms with Gasteiger partial charge in [0.25, 0.3) is 6.47 Å². The minimum atomic E-state index is -0.549. The van der Waals surface area contributed by atoms with Gasteiger partial charge in [0.2, 0.25) is 0 Å². The zero-order valence-electron chi connectivity index (χ0n) is 22.9. The molecule has 204 valence electrons. The Balaban J connectivity index is 0.000000733. The SMILES string of the molecule is C=C(C)C.C=C(C)C(=O)Oc1ccc(-c2cc(F)c(-c3ccc(OC)cc3)c(OC=O)c2)cc1.C=C(C)C=O. The lowest BCUT2D eigenvalue weighted by atomic mass is 9.98. The zero-order valence-corrected chi connectivity index (χ0v) is 22.9. The third-order valence-corrected chi connectivity index (χ3v) is 4.56. The van der Waals surface area contributed by atoms with Crippen LogP contribution in [0.1, 0.15) is 27.7 Å². The summed E-state index contributed by atoms with van der Waals surface area (Å²) in [4.78, 5) is 32.0. The van der Waals surface area contributed by atoms with Gasteiger partial charge in [0.1, 0.15) is 29.4 Å². The lowest BCUT2D eigenvalue weighted by molar-refractivity contribution is -0.130. The van der Waals surface area contributed by atoms with Crippen molar-refractivity contribution in [3.8, 4) is 39.5 Å². The van der Waals surface area contributed by atoms with Crippen molar-refractivity contribution in [2.75, 3.05) is 7.11 Å². The highest BCUT2D eigenvalue weighted by atomic mass is 19.1. The minimum absolute atomic E-state index is 0.0861. The summed E-state index contributed by atoms with van der Waals surface area (Å²) >= 11 is 0. The molecular weight excluding hydrogens is 499 g/mol. The number of aldehydes is 1. The van der Waals surface area contributed by atoms with E-state index in [0.717, 1.165) is 6.29 Å². The minimum Gasteiger partial charge on any atom is -0.497 e. The number of hydrogen-bond acceptors (Lipinski definition) is 6. The molecule has 0 saturated carbocycles. The quantitative estimate of drug-likeness (QED) is 0.0981. The van der Waals surface area contributed by atoms with E-state index in [4.69, 9.17) is 14.2 Å². The lowest BCUT2D eigenvalue weighted by Crippen LogP contribution is -2.07. The average molecular weight is 533 g/mol. The van der Waals surface area contributed by atoms with Crippen LogP contribution in [0, 0.1) is 5.82 Å². The molecule has 3 rings (SSSR count). The summed E-state index contributed by atoms with van der Waals surface area (Å²) in [6.45, 7) is 17.8. The molecule has 0 unspecified atom stereocenters. The number of rotatable bonds is 8. The molecule has 0 amide bonds. The van der Waals surface area contributed by atoms with Gasteiger partial charge in [-0.05, 0) is 86.4 Å². The van der Waals surface area contributed by atoms with E-state index in [0.29, 0.717) is 33.8 Å². The Bertz CT molecular complexity index is 1320. The van der Waals surface area contributed by atoms with Gasteiger partial charge in [-0.25, -0.2) is 9.18 Å². The Kier molecular flexibility index (Phi) is 13.3. The first-order valence-electron chi connectivity index (χ1n) is 11.7. The molecular formula is C32H33FO6. The number of ether oxygens (including phenoxy) is 3. The summed E-state index contributed by atoms with van der Waals surface area (Å²) in [6, 6.07) is 16.2. The summed E-state index contributed by atoms with van der Waals surface area (Å²) in [7, 11) is 1.54. The third kappa shape index (κ3) is 11.0. The molecule has 0 N–H and O–H groups in total. The van der Waals surface area contributed by atoms with Crippen molar-refractivity contribution < 1.29 is 33.0 Å². The molecule has 0 aliphatic heterocycles. The predicted molar refractivity (Wildman–Crippen MR) is 152 cm³/mol. The first-order chi connectivity index (χ1) is 18.4. The molecule has 0 aromatic heterocycles. The molecule has 0 spiro atoms. The summed E-state index contributed by atoms with van der Waals surface area (Å²) in [5.41, 5.74) is 3.88. The van der Waals surface area contributed by atoms with Crippen LogP contribution in [-0.4, -0.2) is 25.8 Å². The Morgan fingerprint density at radius 3 is 1.72 bits per heavy atom. The number of carbonyl (C=O) groups excluding carboxylic acids is 3. The van der Waals surface area contributed by atoms with E-state index in [2.05, 4.69) is 19.7 Å². The van der Waals surface area contributed by atoms with Gasteiger partial charge in [-0.2, -0.15) is 0 Å². The van der Waals surface area contributed by atoms with Crippen molar-refractivity contribution >= 4 is 18.7 Å². The summed E-state index contributed by atoms with van der Waals surface area (Å²) in [5.74, 6) is -0.0259. The lowest BCUT2D eigenvalue weighted by Gasteiger charge is -2.13. The van der Waals surface area contributed by atoms with E-state index >= 15 is 4.39 Å². The van der Waals surface area contributed by atoms with Crippen molar-refractivity contribution in [2.45, 2.75) is 27.7 Å². The molecule has 0 bridgehead atoms. The maximum absolute atomic E-state index is 15.0. The number of benzene rings is 3. The van der Waals surface area contributed by atoms with E-state index in [-0.39, 0.29) is 23.4 Å². The highest BCUT2D eigenvalue weighted by Gasteiger charge is 2.16. The molecule has 0 radical (unpaired) electrons. The Morgan fingerprint density at radius 1 is 0.795 bits per heavy atom. The summed E-state index contributed by atoms with van der Waals surface area (Å²) < 4.78 is 30.4. The average Bonchev–Trinajstić information content (AvgIpc) is 2.89. The van der Waals surface area contributed by atoms with Gasteiger partial charge in [0, 0.05) is 5.57 Å². The van der Waals surface area contributed by atoms with E-state index in [1.54, 1.807) is 68.4 Å². The Morgan fingerprint density at radius 2 is 1.28 bits per heavy atom. The molecule has 0 saturated heterocycles. The van der Waals surface area contributed by atoms with E-state index in [1.165, 1.54) is 18.7 Å². The maximum Gasteiger partial charge on any atom is 0.338 e. The van der Waals surface area contributed by atoms with Crippen LogP contribution < -0.4 is 14.2 Å². The molecule has 0 heterocycles. The highest BCUT2D eigenvalue weighted by Crippen LogP contribution is 2.37. The predicted octanol–water partition coefficient (Wildman–Crippen LogP) is 7.53. The van der Waals surface area contributed by atoms with Crippen LogP contribution in [0.15, 0.2) is 97.1 Å². The molecule has 0 aliphatic rings. The van der Waals surface area contributed by atoms with E-state index in [9.17, 15) is 14.4 Å². The molecule has 0 fully saturated rings. The highest BCUT2D eigenvalue weighted by molar-refractivity contribution is 5.89. The van der Waals surface area contributed by atoms with Gasteiger partial charge >= 0.3 is 5.97 Å². The normalized spacial score (nSPS) is 9.38. The van der Waals surface area contributed by atoms with E-state index < -0.39 is 11.8 Å². The molecule has 7 heteroatoms. The topological polar surface area (TPSA) is 78.9 Å². The summed E-state index contributed by atoms with van der Waals surface area (Å²) in [6.07, 6.45) is 0.722. The monoisotopic (exact) mass is 532 g/mol. The molecule has 3 aromatic carbocycles. The van der Waals surface area contributed by atoms with Gasteiger partial charge in [0.05, 0.1) is 12.7 Å². The molecule has 0 atom stereocenters. The fourth-order valence-electron chi connectivity index (χ4n) is 2.84. The number of halogens is 1. The van der Waals surface area contributed by atoms with Crippen LogP contribution in [0.5, 0.6) is 17.2 Å². The summed E-state index contributed by atoms with van der Waals surface area (Å²) in [5, 5.41) is 0. The zero-order chi connectivity index (χ0) is 29.5. The third-order valence-electron chi connectivity index (χ3n) is 4.56. The van der Waals surface area contributed by atoms with Crippen molar-refractivity contribution in [3.05, 3.63) is 103 Å². The van der Waals surface area contributed by atoms with Crippen LogP contribution in [0.2, 0.25) is 0 Å². The van der Waals surface area contributed by atoms with Crippen LogP contribution in [0.25, 0.3) is 22.3 Å². The van der Waals surface area contributed by atoms with Gasteiger partial charge in [-0.3, -0.25) is 9.59 Å². The first kappa shape index (κ1) is 32.2. The van der Waals surface area contributed by atoms with Crippen molar-refractivity contribution in [1.29, 1.82) is 0 Å². The fraction of sp³-hybridized carbons (Fsp3) is 0.156. The largest absolute Gasteiger partial charge is 0.497 e. The second kappa shape index (κ2) is 16.1. The number of methoxy groups -OCH3 is 1. The Hall–Kier alpha value is -4.78. The number of carbonyl (C=O) groups is 3. The van der Waals surface area contributed by atoms with Gasteiger partial charge in [-0.15, -0.1) is 6.58 Å². The molecule has 6 nitrogen and oxygen atoms in total. The van der Waals surface area contributed by atoms with Crippen molar-refractivity contribution in [2.24, 2.45) is 0 Å². The fourth-order valence-corrected chi connectivity index (χ4v) is 2.84. The van der Waals surface area contributed by atoms with Crippen molar-refractivity contribution in [1.82, 2.24) is 0 Å². The standard InChI is InChI=1S/C24H19FO5.C4H6O.C4H8/c1-15(2)24(27)30-20-10-4-16(5-11-20)18-12-21(25)23(22(13-18)29-14-26)17-6-8-19(28-3)9-7-17;1-4(2)3-5;1-4(2)3/h4-14H,1H2,2-3H3;3H,1H2,2H3;1H2,2-3H3. The van der Waals surface area contributed by atoms with Crippen LogP contribution in [0.4, 0.5) is 4.39 Å². The maximum atomic E-state index is 15.0. The van der Waals surface area contributed by atoms with E-state index in [1.807, 2.05) is 13.8 Å². The van der Waals surface area contributed by atoms with Gasteiger partial charge in [0.15, 0.2) is 0 Å². The number of allylic oxidation sites excluding steroid dienone is 2. The van der Waals surface area contributed by atoms with Crippen LogP contribution in [0.3, 0.4) is 0 Å². The number of esters is 1. The first-order valence-corrected chi connectivity index (χ1v) is 11.7. The smallest absolute Gasteiger partial charge is 0.338 e. The second-order valence-corrected chi connectivity index (χ2v) is 8.64. The van der Waals surface area contributed by atoms with Crippen LogP contribution in [-0.2, 0) is 14.4 Å². The van der Waals surface area contributed by atoms with Gasteiger partial charge in [-0.1, -0.05) is 43.0 Å². The molecule has 39 heavy (non-hydrogen) atoms. The molecule has 3 aromatic rings. The van der Waals surface area contributed by atoms with Crippen molar-refractivity contribution in [3.63, 3.8) is 0 Å². The number of hydrogen-bond donors (Lipinski definition) is 0. The Labute approximate surface area is 229 Å². The van der Waals surface area contributed by atoms with Crippen LogP contribution >= 0.6 is 0 Å². The molecule has 0 aliphatic carbocycles.